The molecule has 0 aliphatic carbocycles. The molecule has 2 nitrogen and oxygen atoms in total. The number of nitrogens with zero attached hydrogens (tertiary/aromatic N) is 1. The third-order valence-corrected chi connectivity index (χ3v) is 4.20. The molecule has 0 saturated carbocycles. The maximum absolute atomic E-state index is 5.69. The van der Waals surface area contributed by atoms with Crippen molar-refractivity contribution in [2.75, 3.05) is 19.6 Å². The van der Waals surface area contributed by atoms with Crippen LogP contribution in [0.15, 0.2) is 17.5 Å². The molecule has 2 unspecified atom stereocenters. The molecular formula is C11H18N2S. The minimum Gasteiger partial charge on any atom is -0.330 e. The second kappa shape index (κ2) is 4.43. The van der Waals surface area contributed by atoms with E-state index in [9.17, 15) is 0 Å². The van der Waals surface area contributed by atoms with Crippen LogP contribution in [0.1, 0.15) is 24.3 Å². The Bertz CT molecular complexity index is 271. The van der Waals surface area contributed by atoms with Gasteiger partial charge in [0.15, 0.2) is 0 Å². The van der Waals surface area contributed by atoms with E-state index in [2.05, 4.69) is 29.3 Å². The first-order chi connectivity index (χ1) is 6.81. The van der Waals surface area contributed by atoms with Gasteiger partial charge in [0.25, 0.3) is 0 Å². The van der Waals surface area contributed by atoms with Gasteiger partial charge in [-0.25, -0.2) is 0 Å². The first-order valence-corrected chi connectivity index (χ1v) is 6.16. The molecule has 0 spiro atoms. The van der Waals surface area contributed by atoms with E-state index in [1.807, 2.05) is 11.3 Å². The summed E-state index contributed by atoms with van der Waals surface area (Å²) in [6.07, 6.45) is 1.27. The Morgan fingerprint density at radius 2 is 2.57 bits per heavy atom. The molecule has 1 aromatic rings. The van der Waals surface area contributed by atoms with Crippen molar-refractivity contribution in [3.05, 3.63) is 22.4 Å². The van der Waals surface area contributed by atoms with E-state index < -0.39 is 0 Å². The van der Waals surface area contributed by atoms with Crippen LogP contribution in [-0.2, 0) is 0 Å². The lowest BCUT2D eigenvalue weighted by molar-refractivity contribution is 0.257. The summed E-state index contributed by atoms with van der Waals surface area (Å²) >= 11 is 1.85. The van der Waals surface area contributed by atoms with Crippen LogP contribution in [0.5, 0.6) is 0 Å². The molecule has 0 aromatic carbocycles. The maximum Gasteiger partial charge on any atom is 0.0413 e. The highest BCUT2D eigenvalue weighted by Gasteiger charge is 2.25. The number of nitrogens with two attached hydrogens (primary N) is 1. The van der Waals surface area contributed by atoms with Gasteiger partial charge >= 0.3 is 0 Å². The summed E-state index contributed by atoms with van der Waals surface area (Å²) < 4.78 is 0. The second-order valence-corrected chi connectivity index (χ2v) is 5.06. The van der Waals surface area contributed by atoms with Gasteiger partial charge < -0.3 is 5.73 Å². The van der Waals surface area contributed by atoms with E-state index in [0.717, 1.165) is 12.5 Å². The minimum atomic E-state index is 0.576. The highest BCUT2D eigenvalue weighted by molar-refractivity contribution is 7.10. The zero-order chi connectivity index (χ0) is 9.97. The van der Waals surface area contributed by atoms with E-state index in [1.54, 1.807) is 0 Å². The standard InChI is InChI=1S/C11H18N2S/c1-9(11-3-2-6-14-11)13-5-4-10(7-12)8-13/h2-3,6,9-10H,4-5,7-8,12H2,1H3. The summed E-state index contributed by atoms with van der Waals surface area (Å²) in [4.78, 5) is 4.02. The third-order valence-electron chi connectivity index (χ3n) is 3.15. The SMILES string of the molecule is CC(c1cccs1)N1CCC(CN)C1. The molecule has 2 rings (SSSR count). The van der Waals surface area contributed by atoms with Gasteiger partial charge in [-0.1, -0.05) is 6.07 Å². The molecule has 2 atom stereocenters. The van der Waals surface area contributed by atoms with Crippen LogP contribution in [-0.4, -0.2) is 24.5 Å². The normalized spacial score (nSPS) is 25.4. The van der Waals surface area contributed by atoms with Crippen LogP contribution in [0.2, 0.25) is 0 Å². The highest BCUT2D eigenvalue weighted by atomic mass is 32.1. The Balaban J connectivity index is 1.97. The fraction of sp³-hybridized carbons (Fsp3) is 0.636. The molecular weight excluding hydrogens is 192 g/mol. The molecule has 1 fully saturated rings. The van der Waals surface area contributed by atoms with E-state index in [-0.39, 0.29) is 0 Å². The van der Waals surface area contributed by atoms with Crippen LogP contribution < -0.4 is 5.73 Å². The van der Waals surface area contributed by atoms with Crippen LogP contribution in [0.25, 0.3) is 0 Å². The second-order valence-electron chi connectivity index (χ2n) is 4.08. The fourth-order valence-corrected chi connectivity index (χ4v) is 2.93. The Morgan fingerprint density at radius 1 is 1.71 bits per heavy atom. The van der Waals surface area contributed by atoms with Crippen LogP contribution in [0, 0.1) is 5.92 Å². The number of hydrogen-bond donors (Lipinski definition) is 1. The molecule has 0 radical (unpaired) electrons. The Morgan fingerprint density at radius 3 is 3.14 bits per heavy atom. The predicted molar refractivity (Wildman–Crippen MR) is 61.5 cm³/mol. The van der Waals surface area contributed by atoms with Crippen molar-refractivity contribution in [1.82, 2.24) is 4.90 Å². The molecule has 2 N–H and O–H groups in total. The summed E-state index contributed by atoms with van der Waals surface area (Å²) in [7, 11) is 0. The molecule has 1 aliphatic heterocycles. The van der Waals surface area contributed by atoms with Gasteiger partial charge in [-0.15, -0.1) is 11.3 Å². The molecule has 1 aliphatic rings. The zero-order valence-corrected chi connectivity index (χ0v) is 9.46. The lowest BCUT2D eigenvalue weighted by Gasteiger charge is -2.23. The summed E-state index contributed by atoms with van der Waals surface area (Å²) in [5.74, 6) is 0.720. The molecule has 3 heteroatoms. The van der Waals surface area contributed by atoms with Crippen molar-refractivity contribution in [2.24, 2.45) is 11.7 Å². The Labute approximate surface area is 89.7 Å². The number of rotatable bonds is 3. The predicted octanol–water partition coefficient (Wildman–Crippen LogP) is 2.09. The average molecular weight is 210 g/mol. The maximum atomic E-state index is 5.69. The van der Waals surface area contributed by atoms with Gasteiger partial charge in [0.05, 0.1) is 0 Å². The Hall–Kier alpha value is -0.380. The smallest absolute Gasteiger partial charge is 0.0413 e. The molecule has 0 bridgehead atoms. The topological polar surface area (TPSA) is 29.3 Å². The lowest BCUT2D eigenvalue weighted by Crippen LogP contribution is -2.25. The molecule has 0 amide bonds. The van der Waals surface area contributed by atoms with Crippen molar-refractivity contribution < 1.29 is 0 Å². The van der Waals surface area contributed by atoms with Gasteiger partial charge in [0.2, 0.25) is 0 Å². The summed E-state index contributed by atoms with van der Waals surface area (Å²) in [6, 6.07) is 4.93. The fourth-order valence-electron chi connectivity index (χ4n) is 2.12. The van der Waals surface area contributed by atoms with Crippen LogP contribution >= 0.6 is 11.3 Å². The molecule has 1 saturated heterocycles. The van der Waals surface area contributed by atoms with Crippen LogP contribution in [0.4, 0.5) is 0 Å². The third kappa shape index (κ3) is 2.00. The molecule has 78 valence electrons. The first kappa shape index (κ1) is 10.1. The van der Waals surface area contributed by atoms with Crippen LogP contribution in [0.3, 0.4) is 0 Å². The number of hydrogen-bond acceptors (Lipinski definition) is 3. The van der Waals surface area contributed by atoms with E-state index in [4.69, 9.17) is 5.73 Å². The Kier molecular flexibility index (Phi) is 3.21. The van der Waals surface area contributed by atoms with Gasteiger partial charge in [0.1, 0.15) is 0 Å². The number of thiophene rings is 1. The zero-order valence-electron chi connectivity index (χ0n) is 8.65. The van der Waals surface area contributed by atoms with E-state index >= 15 is 0 Å². The van der Waals surface area contributed by atoms with Gasteiger partial charge in [-0.3, -0.25) is 4.90 Å². The number of likely N-dealkylation sites (tertiary alicyclic amines) is 1. The first-order valence-electron chi connectivity index (χ1n) is 5.28. The average Bonchev–Trinajstić information content (AvgIpc) is 2.88. The van der Waals surface area contributed by atoms with Crippen molar-refractivity contribution >= 4 is 11.3 Å². The highest BCUT2D eigenvalue weighted by Crippen LogP contribution is 2.29. The largest absolute Gasteiger partial charge is 0.330 e. The van der Waals surface area contributed by atoms with Gasteiger partial charge in [-0.05, 0) is 43.8 Å². The summed E-state index contributed by atoms with van der Waals surface area (Å²) in [6.45, 7) is 5.52. The lowest BCUT2D eigenvalue weighted by atomic mass is 10.1. The van der Waals surface area contributed by atoms with E-state index in [1.165, 1.54) is 24.4 Å². The van der Waals surface area contributed by atoms with Gasteiger partial charge in [-0.2, -0.15) is 0 Å². The molecule has 14 heavy (non-hydrogen) atoms. The van der Waals surface area contributed by atoms with Crippen molar-refractivity contribution in [3.8, 4) is 0 Å². The molecule has 1 aromatic heterocycles. The molecule has 2 heterocycles. The van der Waals surface area contributed by atoms with Crippen molar-refractivity contribution in [3.63, 3.8) is 0 Å². The quantitative estimate of drug-likeness (QED) is 0.827. The summed E-state index contributed by atoms with van der Waals surface area (Å²) in [5.41, 5.74) is 5.69. The monoisotopic (exact) mass is 210 g/mol. The van der Waals surface area contributed by atoms with Crippen molar-refractivity contribution in [1.29, 1.82) is 0 Å². The van der Waals surface area contributed by atoms with Crippen molar-refractivity contribution in [2.45, 2.75) is 19.4 Å². The minimum absolute atomic E-state index is 0.576. The van der Waals surface area contributed by atoms with Gasteiger partial charge in [0, 0.05) is 17.5 Å². The summed E-state index contributed by atoms with van der Waals surface area (Å²) in [5, 5.41) is 2.16. The van der Waals surface area contributed by atoms with E-state index in [0.29, 0.717) is 6.04 Å².